The molecule has 17 heavy (non-hydrogen) atoms. The number of carbonyl (C=O) groups is 1. The number of aryl methyl sites for hydroxylation is 1. The van der Waals surface area contributed by atoms with Gasteiger partial charge in [-0.25, -0.2) is 0 Å². The van der Waals surface area contributed by atoms with Crippen molar-refractivity contribution in [1.82, 2.24) is 0 Å². The van der Waals surface area contributed by atoms with Crippen molar-refractivity contribution in [2.75, 3.05) is 18.5 Å². The fraction of sp³-hybridized carbons (Fsp3) is 0.500. The van der Waals surface area contributed by atoms with Crippen LogP contribution in [0.25, 0.3) is 0 Å². The molecule has 0 aliphatic carbocycles. The quantitative estimate of drug-likeness (QED) is 0.795. The van der Waals surface area contributed by atoms with Crippen molar-refractivity contribution in [3.63, 3.8) is 0 Å². The molecule has 92 valence electrons. The molecule has 1 aromatic rings. The third-order valence-corrected chi connectivity index (χ3v) is 2.94. The summed E-state index contributed by atoms with van der Waals surface area (Å²) in [7, 11) is 0. The second kappa shape index (κ2) is 5.71. The van der Waals surface area contributed by atoms with Gasteiger partial charge < -0.3 is 14.8 Å². The largest absolute Gasteiger partial charge is 0.493 e. The molecular formula is C14H19NO2. The first-order valence-corrected chi connectivity index (χ1v) is 6.25. The van der Waals surface area contributed by atoms with Gasteiger partial charge in [-0.05, 0) is 49.9 Å². The van der Waals surface area contributed by atoms with E-state index in [0.29, 0.717) is 6.42 Å². The second-order valence-corrected chi connectivity index (χ2v) is 4.51. The summed E-state index contributed by atoms with van der Waals surface area (Å²) in [4.78, 5) is 10.8. The number of benzene rings is 1. The summed E-state index contributed by atoms with van der Waals surface area (Å²) >= 11 is 0. The summed E-state index contributed by atoms with van der Waals surface area (Å²) in [5.41, 5.74) is 2.41. The van der Waals surface area contributed by atoms with E-state index in [1.54, 1.807) is 6.92 Å². The standard InChI is InChI=1S/C14H19NO2/c1-11(16)4-2-8-15-13-6-7-14-12(10-13)5-3-9-17-14/h6-7,10,15H,2-5,8-9H2,1H3. The number of carbonyl (C=O) groups excluding carboxylic acids is 1. The first-order valence-electron chi connectivity index (χ1n) is 6.25. The SMILES string of the molecule is CC(=O)CCCNc1ccc2c(c1)CCCO2. The zero-order chi connectivity index (χ0) is 12.1. The van der Waals surface area contributed by atoms with E-state index < -0.39 is 0 Å². The van der Waals surface area contributed by atoms with E-state index in [1.807, 2.05) is 12.1 Å². The average Bonchev–Trinajstić information content (AvgIpc) is 2.34. The number of hydrogen-bond acceptors (Lipinski definition) is 3. The van der Waals surface area contributed by atoms with Crippen LogP contribution in [-0.4, -0.2) is 18.9 Å². The molecule has 3 nitrogen and oxygen atoms in total. The fourth-order valence-corrected chi connectivity index (χ4v) is 2.04. The van der Waals surface area contributed by atoms with Crippen LogP contribution < -0.4 is 10.1 Å². The molecule has 0 spiro atoms. The molecule has 0 aromatic heterocycles. The van der Waals surface area contributed by atoms with Crippen LogP contribution in [0, 0.1) is 0 Å². The van der Waals surface area contributed by atoms with Crippen LogP contribution in [0.2, 0.25) is 0 Å². The van der Waals surface area contributed by atoms with E-state index in [9.17, 15) is 4.79 Å². The van der Waals surface area contributed by atoms with E-state index in [2.05, 4.69) is 11.4 Å². The van der Waals surface area contributed by atoms with E-state index in [1.165, 1.54) is 5.56 Å². The van der Waals surface area contributed by atoms with Crippen LogP contribution in [0.15, 0.2) is 18.2 Å². The molecule has 2 rings (SSSR count). The van der Waals surface area contributed by atoms with Gasteiger partial charge in [-0.3, -0.25) is 0 Å². The van der Waals surface area contributed by atoms with Crippen molar-refractivity contribution in [2.45, 2.75) is 32.6 Å². The maximum absolute atomic E-state index is 10.8. The lowest BCUT2D eigenvalue weighted by Gasteiger charge is -2.18. The maximum atomic E-state index is 10.8. The smallest absolute Gasteiger partial charge is 0.129 e. The minimum atomic E-state index is 0.255. The van der Waals surface area contributed by atoms with E-state index in [-0.39, 0.29) is 5.78 Å². The molecule has 0 atom stereocenters. The first-order chi connectivity index (χ1) is 8.25. The van der Waals surface area contributed by atoms with Crippen LogP contribution in [0.3, 0.4) is 0 Å². The van der Waals surface area contributed by atoms with Gasteiger partial charge >= 0.3 is 0 Å². The molecule has 1 N–H and O–H groups in total. The van der Waals surface area contributed by atoms with Crippen molar-refractivity contribution in [3.05, 3.63) is 23.8 Å². The Morgan fingerprint density at radius 1 is 1.47 bits per heavy atom. The molecule has 3 heteroatoms. The number of rotatable bonds is 5. The van der Waals surface area contributed by atoms with Crippen molar-refractivity contribution in [3.8, 4) is 5.75 Å². The minimum Gasteiger partial charge on any atom is -0.493 e. The third-order valence-electron chi connectivity index (χ3n) is 2.94. The summed E-state index contributed by atoms with van der Waals surface area (Å²) in [5.74, 6) is 1.27. The maximum Gasteiger partial charge on any atom is 0.129 e. The Labute approximate surface area is 102 Å². The lowest BCUT2D eigenvalue weighted by atomic mass is 10.1. The van der Waals surface area contributed by atoms with Crippen LogP contribution in [-0.2, 0) is 11.2 Å². The van der Waals surface area contributed by atoms with Crippen molar-refractivity contribution < 1.29 is 9.53 Å². The first kappa shape index (κ1) is 12.0. The van der Waals surface area contributed by atoms with Gasteiger partial charge in [0.05, 0.1) is 6.61 Å². The fourth-order valence-electron chi connectivity index (χ4n) is 2.04. The third kappa shape index (κ3) is 3.48. The zero-order valence-electron chi connectivity index (χ0n) is 10.3. The van der Waals surface area contributed by atoms with Gasteiger partial charge in [-0.1, -0.05) is 0 Å². The lowest BCUT2D eigenvalue weighted by molar-refractivity contribution is -0.117. The Morgan fingerprint density at radius 3 is 3.18 bits per heavy atom. The van der Waals surface area contributed by atoms with Crippen LogP contribution in [0.1, 0.15) is 31.7 Å². The van der Waals surface area contributed by atoms with Gasteiger partial charge in [0, 0.05) is 18.7 Å². The molecule has 0 saturated carbocycles. The molecule has 0 amide bonds. The summed E-state index contributed by atoms with van der Waals surface area (Å²) in [6.07, 6.45) is 3.74. The summed E-state index contributed by atoms with van der Waals surface area (Å²) in [5, 5.41) is 3.34. The van der Waals surface area contributed by atoms with Crippen LogP contribution in [0.4, 0.5) is 5.69 Å². The monoisotopic (exact) mass is 233 g/mol. The molecule has 0 saturated heterocycles. The Kier molecular flexibility index (Phi) is 4.02. The highest BCUT2D eigenvalue weighted by Gasteiger charge is 2.10. The predicted octanol–water partition coefficient (Wildman–Crippen LogP) is 2.79. The predicted molar refractivity (Wildman–Crippen MR) is 68.7 cm³/mol. The number of Topliss-reactive ketones (excluding diaryl/α,β-unsaturated/α-hetero) is 1. The molecular weight excluding hydrogens is 214 g/mol. The number of nitrogens with one attached hydrogen (secondary N) is 1. The molecule has 1 aliphatic heterocycles. The van der Waals surface area contributed by atoms with Gasteiger partial charge in [0.25, 0.3) is 0 Å². The number of anilines is 1. The molecule has 1 aromatic carbocycles. The summed E-state index contributed by atoms with van der Waals surface area (Å²) in [6, 6.07) is 6.22. The highest BCUT2D eigenvalue weighted by atomic mass is 16.5. The van der Waals surface area contributed by atoms with E-state index in [0.717, 1.165) is 43.9 Å². The topological polar surface area (TPSA) is 38.3 Å². The Balaban J connectivity index is 1.86. The number of ether oxygens (including phenoxy) is 1. The number of ketones is 1. The van der Waals surface area contributed by atoms with Gasteiger partial charge in [0.15, 0.2) is 0 Å². The zero-order valence-corrected chi connectivity index (χ0v) is 10.3. The van der Waals surface area contributed by atoms with Crippen molar-refractivity contribution in [1.29, 1.82) is 0 Å². The lowest BCUT2D eigenvalue weighted by Crippen LogP contribution is -2.09. The summed E-state index contributed by atoms with van der Waals surface area (Å²) < 4.78 is 5.56. The van der Waals surface area contributed by atoms with Gasteiger partial charge in [0.1, 0.15) is 11.5 Å². The average molecular weight is 233 g/mol. The second-order valence-electron chi connectivity index (χ2n) is 4.51. The Bertz CT molecular complexity index is 401. The molecule has 0 bridgehead atoms. The molecule has 1 heterocycles. The number of hydrogen-bond donors (Lipinski definition) is 1. The normalized spacial score (nSPS) is 13.7. The van der Waals surface area contributed by atoms with E-state index >= 15 is 0 Å². The highest BCUT2D eigenvalue weighted by molar-refractivity contribution is 5.75. The van der Waals surface area contributed by atoms with Crippen molar-refractivity contribution in [2.24, 2.45) is 0 Å². The molecule has 0 unspecified atom stereocenters. The van der Waals surface area contributed by atoms with E-state index in [4.69, 9.17) is 4.74 Å². The molecule has 0 fully saturated rings. The van der Waals surface area contributed by atoms with Gasteiger partial charge in [-0.15, -0.1) is 0 Å². The van der Waals surface area contributed by atoms with Crippen LogP contribution in [0.5, 0.6) is 5.75 Å². The van der Waals surface area contributed by atoms with Crippen LogP contribution >= 0.6 is 0 Å². The van der Waals surface area contributed by atoms with Crippen molar-refractivity contribution >= 4 is 11.5 Å². The Hall–Kier alpha value is -1.51. The molecule has 0 radical (unpaired) electrons. The molecule has 1 aliphatic rings. The van der Waals surface area contributed by atoms with Gasteiger partial charge in [0.2, 0.25) is 0 Å². The van der Waals surface area contributed by atoms with Gasteiger partial charge in [-0.2, -0.15) is 0 Å². The minimum absolute atomic E-state index is 0.255. The Morgan fingerprint density at radius 2 is 2.35 bits per heavy atom. The highest BCUT2D eigenvalue weighted by Crippen LogP contribution is 2.27. The summed E-state index contributed by atoms with van der Waals surface area (Å²) in [6.45, 7) is 3.31. The number of fused-ring (bicyclic) bond motifs is 1.